The summed E-state index contributed by atoms with van der Waals surface area (Å²) in [4.78, 5) is 28.1. The average molecular weight is 484 g/mol. The van der Waals surface area contributed by atoms with Crippen LogP contribution in [0.25, 0.3) is 5.76 Å². The molecule has 1 fully saturated rings. The summed E-state index contributed by atoms with van der Waals surface area (Å²) < 4.78 is 5.50. The van der Waals surface area contributed by atoms with Crippen molar-refractivity contribution in [3.05, 3.63) is 107 Å². The molecule has 0 saturated carbocycles. The van der Waals surface area contributed by atoms with Crippen LogP contribution in [0.2, 0.25) is 0 Å². The molecule has 186 valence electrons. The number of ether oxygens (including phenoxy) is 1. The van der Waals surface area contributed by atoms with E-state index < -0.39 is 17.7 Å². The smallest absolute Gasteiger partial charge is 0.295 e. The molecule has 1 aliphatic rings. The van der Waals surface area contributed by atoms with Crippen molar-refractivity contribution in [2.24, 2.45) is 0 Å². The maximum atomic E-state index is 13.3. The van der Waals surface area contributed by atoms with Gasteiger partial charge in [-0.25, -0.2) is 0 Å². The van der Waals surface area contributed by atoms with Gasteiger partial charge in [-0.1, -0.05) is 75.4 Å². The van der Waals surface area contributed by atoms with Gasteiger partial charge in [0.25, 0.3) is 11.7 Å². The Labute approximate surface area is 213 Å². The third-order valence-corrected chi connectivity index (χ3v) is 6.56. The van der Waals surface area contributed by atoms with Crippen LogP contribution >= 0.6 is 0 Å². The zero-order valence-corrected chi connectivity index (χ0v) is 21.3. The van der Waals surface area contributed by atoms with Gasteiger partial charge in [-0.3, -0.25) is 9.59 Å². The summed E-state index contributed by atoms with van der Waals surface area (Å²) in [5, 5.41) is 11.3. The fourth-order valence-electron chi connectivity index (χ4n) is 4.55. The first kappa shape index (κ1) is 25.2. The van der Waals surface area contributed by atoms with Crippen molar-refractivity contribution < 1.29 is 19.4 Å². The van der Waals surface area contributed by atoms with Gasteiger partial charge >= 0.3 is 0 Å². The standard InChI is InChI=1S/C31H33NO4/c1-5-36-25-17-13-23(14-18-25)28(33)26-27(22-11-15-24(16-12-22)31(2,3)4)32(30(35)29(26)34)20-19-21-9-7-6-8-10-21/h6-18,27,33H,5,19-20H2,1-4H3. The van der Waals surface area contributed by atoms with Crippen LogP contribution in [0.15, 0.2) is 84.4 Å². The maximum Gasteiger partial charge on any atom is 0.295 e. The van der Waals surface area contributed by atoms with E-state index in [1.807, 2.05) is 61.5 Å². The zero-order chi connectivity index (χ0) is 25.9. The second kappa shape index (κ2) is 10.4. The second-order valence-corrected chi connectivity index (χ2v) is 10.1. The van der Waals surface area contributed by atoms with Crippen LogP contribution in [0.4, 0.5) is 0 Å². The van der Waals surface area contributed by atoms with Crippen LogP contribution in [0.3, 0.4) is 0 Å². The number of nitrogens with zero attached hydrogens (tertiary/aromatic N) is 1. The molecule has 1 saturated heterocycles. The van der Waals surface area contributed by atoms with Gasteiger partial charge in [0.1, 0.15) is 11.5 Å². The molecule has 1 heterocycles. The summed E-state index contributed by atoms with van der Waals surface area (Å²) >= 11 is 0. The van der Waals surface area contributed by atoms with Crippen LogP contribution in [-0.4, -0.2) is 34.8 Å². The normalized spacial score (nSPS) is 17.4. The molecule has 1 atom stereocenters. The van der Waals surface area contributed by atoms with Crippen LogP contribution in [0.1, 0.15) is 56.0 Å². The fourth-order valence-corrected chi connectivity index (χ4v) is 4.55. The Morgan fingerprint density at radius 1 is 0.917 bits per heavy atom. The van der Waals surface area contributed by atoms with E-state index in [1.54, 1.807) is 29.2 Å². The molecule has 4 rings (SSSR count). The number of hydrogen-bond donors (Lipinski definition) is 1. The molecule has 0 aromatic heterocycles. The molecule has 0 radical (unpaired) electrons. The molecule has 0 bridgehead atoms. The molecule has 0 aliphatic carbocycles. The third kappa shape index (κ3) is 5.20. The summed E-state index contributed by atoms with van der Waals surface area (Å²) in [5.41, 5.74) is 3.57. The van der Waals surface area contributed by atoms with E-state index in [0.29, 0.717) is 30.9 Å². The van der Waals surface area contributed by atoms with Crippen molar-refractivity contribution >= 4 is 17.4 Å². The lowest BCUT2D eigenvalue weighted by Gasteiger charge is -2.26. The lowest BCUT2D eigenvalue weighted by atomic mass is 9.85. The van der Waals surface area contributed by atoms with Gasteiger partial charge in [0.05, 0.1) is 18.2 Å². The molecule has 5 nitrogen and oxygen atoms in total. The van der Waals surface area contributed by atoms with Gasteiger partial charge in [0.2, 0.25) is 0 Å². The quantitative estimate of drug-likeness (QED) is 0.252. The van der Waals surface area contributed by atoms with Gasteiger partial charge in [-0.2, -0.15) is 0 Å². The monoisotopic (exact) mass is 483 g/mol. The summed E-state index contributed by atoms with van der Waals surface area (Å²) in [7, 11) is 0. The number of amides is 1. The minimum atomic E-state index is -0.672. The van der Waals surface area contributed by atoms with E-state index in [9.17, 15) is 14.7 Å². The summed E-state index contributed by atoms with van der Waals surface area (Å²) in [6, 6.07) is 24.1. The number of carbonyl (C=O) groups excluding carboxylic acids is 2. The molecule has 0 spiro atoms. The van der Waals surface area contributed by atoms with Crippen molar-refractivity contribution in [1.82, 2.24) is 4.90 Å². The van der Waals surface area contributed by atoms with Gasteiger partial charge in [0.15, 0.2) is 0 Å². The Balaban J connectivity index is 1.77. The van der Waals surface area contributed by atoms with Gasteiger partial charge in [0, 0.05) is 12.1 Å². The van der Waals surface area contributed by atoms with Crippen LogP contribution in [-0.2, 0) is 21.4 Å². The highest BCUT2D eigenvalue weighted by Crippen LogP contribution is 2.40. The minimum absolute atomic E-state index is 0.0318. The van der Waals surface area contributed by atoms with E-state index in [4.69, 9.17) is 4.74 Å². The van der Waals surface area contributed by atoms with E-state index in [1.165, 1.54) is 0 Å². The molecule has 5 heteroatoms. The van der Waals surface area contributed by atoms with Crippen molar-refractivity contribution in [3.8, 4) is 5.75 Å². The number of ketones is 1. The minimum Gasteiger partial charge on any atom is -0.507 e. The Hall–Kier alpha value is -3.86. The van der Waals surface area contributed by atoms with E-state index in [-0.39, 0.29) is 16.7 Å². The number of benzene rings is 3. The summed E-state index contributed by atoms with van der Waals surface area (Å²) in [6.45, 7) is 9.21. The molecule has 36 heavy (non-hydrogen) atoms. The molecule has 1 N–H and O–H groups in total. The predicted octanol–water partition coefficient (Wildman–Crippen LogP) is 6.05. The van der Waals surface area contributed by atoms with Crippen LogP contribution < -0.4 is 4.74 Å². The first-order valence-electron chi connectivity index (χ1n) is 12.4. The first-order valence-corrected chi connectivity index (χ1v) is 12.4. The van der Waals surface area contributed by atoms with Crippen molar-refractivity contribution in [2.75, 3.05) is 13.2 Å². The van der Waals surface area contributed by atoms with Gasteiger partial charge in [-0.15, -0.1) is 0 Å². The van der Waals surface area contributed by atoms with E-state index >= 15 is 0 Å². The number of likely N-dealkylation sites (tertiary alicyclic amines) is 1. The second-order valence-electron chi connectivity index (χ2n) is 10.1. The number of Topliss-reactive ketones (excluding diaryl/α,β-unsaturated/α-hetero) is 1. The van der Waals surface area contributed by atoms with Gasteiger partial charge < -0.3 is 14.7 Å². The Kier molecular flexibility index (Phi) is 7.30. The molecule has 1 amide bonds. The van der Waals surface area contributed by atoms with Gasteiger partial charge in [-0.05, 0) is 59.7 Å². The molecule has 1 unspecified atom stereocenters. The fraction of sp³-hybridized carbons (Fsp3) is 0.290. The summed E-state index contributed by atoms with van der Waals surface area (Å²) in [5.74, 6) is -0.766. The lowest BCUT2D eigenvalue weighted by molar-refractivity contribution is -0.139. The molecule has 3 aromatic rings. The highest BCUT2D eigenvalue weighted by molar-refractivity contribution is 6.46. The van der Waals surface area contributed by atoms with Crippen LogP contribution in [0.5, 0.6) is 5.75 Å². The number of aliphatic hydroxyl groups excluding tert-OH is 1. The number of carbonyl (C=O) groups is 2. The topological polar surface area (TPSA) is 66.8 Å². The SMILES string of the molecule is CCOc1ccc(C(O)=C2C(=O)C(=O)N(CCc3ccccc3)C2c2ccc(C(C)(C)C)cc2)cc1. The zero-order valence-electron chi connectivity index (χ0n) is 21.3. The Bertz CT molecular complexity index is 1250. The van der Waals surface area contributed by atoms with Crippen molar-refractivity contribution in [2.45, 2.75) is 45.6 Å². The van der Waals surface area contributed by atoms with Crippen LogP contribution in [0, 0.1) is 0 Å². The molecular weight excluding hydrogens is 450 g/mol. The highest BCUT2D eigenvalue weighted by atomic mass is 16.5. The average Bonchev–Trinajstić information content (AvgIpc) is 3.13. The highest BCUT2D eigenvalue weighted by Gasteiger charge is 2.45. The predicted molar refractivity (Wildman–Crippen MR) is 142 cm³/mol. The number of rotatable bonds is 7. The van der Waals surface area contributed by atoms with E-state index in [0.717, 1.165) is 16.7 Å². The van der Waals surface area contributed by atoms with E-state index in [2.05, 4.69) is 20.8 Å². The third-order valence-electron chi connectivity index (χ3n) is 6.56. The molecule has 3 aromatic carbocycles. The largest absolute Gasteiger partial charge is 0.507 e. The molecular formula is C31H33NO4. The lowest BCUT2D eigenvalue weighted by Crippen LogP contribution is -2.31. The Morgan fingerprint density at radius 3 is 2.14 bits per heavy atom. The number of hydrogen-bond acceptors (Lipinski definition) is 4. The Morgan fingerprint density at radius 2 is 1.56 bits per heavy atom. The molecule has 1 aliphatic heterocycles. The maximum absolute atomic E-state index is 13.3. The number of aliphatic hydroxyl groups is 1. The summed E-state index contributed by atoms with van der Waals surface area (Å²) in [6.07, 6.45) is 0.605. The van der Waals surface area contributed by atoms with Crippen molar-refractivity contribution in [3.63, 3.8) is 0 Å². The first-order chi connectivity index (χ1) is 17.2. The van der Waals surface area contributed by atoms with Crippen molar-refractivity contribution in [1.29, 1.82) is 0 Å².